The minimum Gasteiger partial charge on any atom is -0.358 e. The number of fused-ring (bicyclic) bond motifs is 2. The molecule has 0 radical (unpaired) electrons. The summed E-state index contributed by atoms with van der Waals surface area (Å²) < 4.78 is 0. The van der Waals surface area contributed by atoms with Crippen molar-refractivity contribution in [2.45, 2.75) is 39.2 Å². The first-order valence-electron chi connectivity index (χ1n) is 14.7. The molecule has 5 aromatic rings. The van der Waals surface area contributed by atoms with E-state index in [9.17, 15) is 9.59 Å². The van der Waals surface area contributed by atoms with E-state index in [0.29, 0.717) is 40.7 Å². The van der Waals surface area contributed by atoms with E-state index in [1.54, 1.807) is 0 Å². The SMILES string of the molecule is CC1(C)CC(=O)C(c2[nH]c3ccccc3c2C2C(=O)N(Cc3cccc(Cl)c3)c3ccccc32)=C(Nc2ccc(Cl)cc2)C1. The third-order valence-electron chi connectivity index (χ3n) is 8.58. The van der Waals surface area contributed by atoms with Crippen LogP contribution in [0.4, 0.5) is 11.4 Å². The maximum Gasteiger partial charge on any atom is 0.239 e. The number of rotatable bonds is 6. The fourth-order valence-corrected chi connectivity index (χ4v) is 7.07. The molecule has 1 aliphatic carbocycles. The van der Waals surface area contributed by atoms with Gasteiger partial charge < -0.3 is 15.2 Å². The number of Topliss-reactive ketones (excluding diaryl/α,β-unsaturated/α-hetero) is 1. The Kier molecular flexibility index (Phi) is 7.11. The van der Waals surface area contributed by atoms with Crippen molar-refractivity contribution in [3.8, 4) is 0 Å². The maximum atomic E-state index is 14.6. The van der Waals surface area contributed by atoms with E-state index in [-0.39, 0.29) is 17.1 Å². The lowest BCUT2D eigenvalue weighted by Gasteiger charge is -2.33. The summed E-state index contributed by atoms with van der Waals surface area (Å²) in [6.07, 6.45) is 1.07. The molecule has 220 valence electrons. The minimum atomic E-state index is -0.594. The number of anilines is 2. The smallest absolute Gasteiger partial charge is 0.239 e. The van der Waals surface area contributed by atoms with Crippen molar-refractivity contribution in [3.63, 3.8) is 0 Å². The molecule has 7 rings (SSSR count). The molecule has 1 aliphatic heterocycles. The fourth-order valence-electron chi connectivity index (χ4n) is 6.73. The molecule has 0 fully saturated rings. The number of aromatic nitrogens is 1. The normalized spacial score (nSPS) is 17.8. The zero-order valence-electron chi connectivity index (χ0n) is 24.5. The summed E-state index contributed by atoms with van der Waals surface area (Å²) in [5.41, 5.74) is 7.18. The van der Waals surface area contributed by atoms with Crippen LogP contribution in [0.2, 0.25) is 10.0 Å². The number of nitrogens with one attached hydrogen (secondary N) is 2. The number of para-hydroxylation sites is 2. The van der Waals surface area contributed by atoms with E-state index in [1.807, 2.05) is 102 Å². The molecule has 5 nitrogen and oxygen atoms in total. The van der Waals surface area contributed by atoms with Crippen LogP contribution in [-0.2, 0) is 16.1 Å². The van der Waals surface area contributed by atoms with Crippen molar-refractivity contribution in [3.05, 3.63) is 135 Å². The van der Waals surface area contributed by atoms with Gasteiger partial charge >= 0.3 is 0 Å². The van der Waals surface area contributed by atoms with E-state index < -0.39 is 5.92 Å². The second-order valence-corrected chi connectivity index (χ2v) is 13.3. The van der Waals surface area contributed by atoms with Crippen molar-refractivity contribution in [1.29, 1.82) is 0 Å². The number of ketones is 1. The summed E-state index contributed by atoms with van der Waals surface area (Å²) in [4.78, 5) is 34.1. The van der Waals surface area contributed by atoms with Gasteiger partial charge in [0.1, 0.15) is 0 Å². The standard InChI is InChI=1S/C37H31Cl2N3O2/c1-37(2)19-29(40-25-16-14-23(38)15-17-25)34(31(43)20-37)35-32(26-10-3-5-12-28(26)41-35)33-27-11-4-6-13-30(27)42(36(33)44)21-22-8-7-9-24(39)18-22/h3-18,33,40-41H,19-21H2,1-2H3. The van der Waals surface area contributed by atoms with Crippen LogP contribution in [0, 0.1) is 5.41 Å². The Morgan fingerprint density at radius 2 is 1.61 bits per heavy atom. The number of carbonyl (C=O) groups is 2. The topological polar surface area (TPSA) is 65.2 Å². The summed E-state index contributed by atoms with van der Waals surface area (Å²) in [5.74, 6) is -0.586. The van der Waals surface area contributed by atoms with Gasteiger partial charge in [0.15, 0.2) is 5.78 Å². The number of allylic oxidation sites excluding steroid dienone is 2. The Hall–Kier alpha value is -4.32. The Bertz CT molecular complexity index is 1970. The van der Waals surface area contributed by atoms with E-state index >= 15 is 0 Å². The zero-order chi connectivity index (χ0) is 30.6. The van der Waals surface area contributed by atoms with Gasteiger partial charge in [0, 0.05) is 50.0 Å². The first-order valence-corrected chi connectivity index (χ1v) is 15.5. The number of amides is 1. The van der Waals surface area contributed by atoms with Crippen LogP contribution < -0.4 is 10.2 Å². The van der Waals surface area contributed by atoms with Crippen molar-refractivity contribution < 1.29 is 9.59 Å². The highest BCUT2D eigenvalue weighted by Gasteiger charge is 2.43. The van der Waals surface area contributed by atoms with Gasteiger partial charge in [0.25, 0.3) is 0 Å². The molecule has 0 spiro atoms. The molecule has 2 N–H and O–H groups in total. The number of halogens is 2. The van der Waals surface area contributed by atoms with Crippen molar-refractivity contribution >= 4 is 62.7 Å². The monoisotopic (exact) mass is 619 g/mol. The van der Waals surface area contributed by atoms with Gasteiger partial charge in [0.2, 0.25) is 5.91 Å². The number of aromatic amines is 1. The largest absolute Gasteiger partial charge is 0.358 e. The number of benzene rings is 4. The van der Waals surface area contributed by atoms with Gasteiger partial charge in [-0.25, -0.2) is 0 Å². The lowest BCUT2D eigenvalue weighted by atomic mass is 9.74. The van der Waals surface area contributed by atoms with Crippen molar-refractivity contribution in [1.82, 2.24) is 4.98 Å². The van der Waals surface area contributed by atoms with Gasteiger partial charge in [-0.2, -0.15) is 0 Å². The molecule has 0 bridgehead atoms. The molecule has 1 amide bonds. The van der Waals surface area contributed by atoms with Crippen LogP contribution in [0.5, 0.6) is 0 Å². The van der Waals surface area contributed by atoms with Crippen molar-refractivity contribution in [2.24, 2.45) is 5.41 Å². The Morgan fingerprint density at radius 1 is 0.864 bits per heavy atom. The Morgan fingerprint density at radius 3 is 2.41 bits per heavy atom. The molecular formula is C37H31Cl2N3O2. The molecular weight excluding hydrogens is 589 g/mol. The highest BCUT2D eigenvalue weighted by molar-refractivity contribution is 6.31. The highest BCUT2D eigenvalue weighted by Crippen LogP contribution is 2.49. The fraction of sp³-hybridized carbons (Fsp3) is 0.189. The number of carbonyl (C=O) groups excluding carboxylic acids is 2. The molecule has 4 aromatic carbocycles. The molecule has 0 saturated heterocycles. The van der Waals surface area contributed by atoms with E-state index in [1.165, 1.54) is 0 Å². The first-order chi connectivity index (χ1) is 21.2. The predicted molar refractivity (Wildman–Crippen MR) is 179 cm³/mol. The molecule has 44 heavy (non-hydrogen) atoms. The molecule has 0 saturated carbocycles. The predicted octanol–water partition coefficient (Wildman–Crippen LogP) is 9.37. The molecule has 2 aliphatic rings. The summed E-state index contributed by atoms with van der Waals surface area (Å²) in [6, 6.07) is 31.0. The second-order valence-electron chi connectivity index (χ2n) is 12.4. The second kappa shape index (κ2) is 11.0. The van der Waals surface area contributed by atoms with E-state index in [0.717, 1.165) is 44.7 Å². The van der Waals surface area contributed by atoms with Gasteiger partial charge in [-0.1, -0.05) is 85.6 Å². The van der Waals surface area contributed by atoms with Gasteiger partial charge in [0.05, 0.1) is 23.7 Å². The lowest BCUT2D eigenvalue weighted by molar-refractivity contribution is -0.119. The van der Waals surface area contributed by atoms with Crippen LogP contribution in [0.3, 0.4) is 0 Å². The van der Waals surface area contributed by atoms with E-state index in [4.69, 9.17) is 23.2 Å². The molecule has 1 aromatic heterocycles. The van der Waals surface area contributed by atoms with Crippen LogP contribution >= 0.6 is 23.2 Å². The van der Waals surface area contributed by atoms with Crippen molar-refractivity contribution in [2.75, 3.05) is 10.2 Å². The maximum absolute atomic E-state index is 14.6. The Balaban J connectivity index is 1.42. The van der Waals surface area contributed by atoms with Crippen LogP contribution in [-0.4, -0.2) is 16.7 Å². The summed E-state index contributed by atoms with van der Waals surface area (Å²) in [6.45, 7) is 4.62. The molecule has 7 heteroatoms. The van der Waals surface area contributed by atoms with Crippen LogP contribution in [0.1, 0.15) is 55.0 Å². The highest BCUT2D eigenvalue weighted by atomic mass is 35.5. The molecule has 1 unspecified atom stereocenters. The quantitative estimate of drug-likeness (QED) is 0.199. The van der Waals surface area contributed by atoms with Gasteiger partial charge in [-0.3, -0.25) is 9.59 Å². The average molecular weight is 621 g/mol. The summed E-state index contributed by atoms with van der Waals surface area (Å²) in [7, 11) is 0. The van der Waals surface area contributed by atoms with Gasteiger partial charge in [-0.15, -0.1) is 0 Å². The van der Waals surface area contributed by atoms with Crippen LogP contribution in [0.15, 0.2) is 103 Å². The Labute approximate surface area is 266 Å². The number of nitrogens with zero attached hydrogens (tertiary/aromatic N) is 1. The number of hydrogen-bond acceptors (Lipinski definition) is 3. The minimum absolute atomic E-state index is 0.0337. The van der Waals surface area contributed by atoms with Crippen LogP contribution in [0.25, 0.3) is 16.5 Å². The average Bonchev–Trinajstić information content (AvgIpc) is 3.47. The van der Waals surface area contributed by atoms with E-state index in [2.05, 4.69) is 24.1 Å². The first kappa shape index (κ1) is 28.5. The number of hydrogen-bond donors (Lipinski definition) is 2. The third-order valence-corrected chi connectivity index (χ3v) is 9.07. The third kappa shape index (κ3) is 5.10. The number of H-pyrrole nitrogens is 1. The summed E-state index contributed by atoms with van der Waals surface area (Å²) in [5, 5.41) is 5.75. The summed E-state index contributed by atoms with van der Waals surface area (Å²) >= 11 is 12.5. The lowest BCUT2D eigenvalue weighted by Crippen LogP contribution is -2.30. The molecule has 2 heterocycles. The zero-order valence-corrected chi connectivity index (χ0v) is 26.0. The molecule has 1 atom stereocenters. The van der Waals surface area contributed by atoms with Gasteiger partial charge in [-0.05, 0) is 71.5 Å².